The lowest BCUT2D eigenvalue weighted by Gasteiger charge is -2.08. The van der Waals surface area contributed by atoms with Crippen molar-refractivity contribution in [3.63, 3.8) is 0 Å². The minimum absolute atomic E-state index is 0.147. The highest BCUT2D eigenvalue weighted by molar-refractivity contribution is 9.10. The Morgan fingerprint density at radius 1 is 1.35 bits per heavy atom. The molecule has 0 aliphatic rings. The lowest BCUT2D eigenvalue weighted by Crippen LogP contribution is -2.18. The number of nitrogens with two attached hydrogens (primary N) is 1. The van der Waals surface area contributed by atoms with Gasteiger partial charge in [0.2, 0.25) is 0 Å². The zero-order chi connectivity index (χ0) is 12.4. The summed E-state index contributed by atoms with van der Waals surface area (Å²) in [7, 11) is 1.96. The van der Waals surface area contributed by atoms with Gasteiger partial charge >= 0.3 is 0 Å². The fourth-order valence-corrected chi connectivity index (χ4v) is 2.22. The highest BCUT2D eigenvalue weighted by atomic mass is 79.9. The summed E-state index contributed by atoms with van der Waals surface area (Å²) < 4.78 is 2.98. The Labute approximate surface area is 110 Å². The van der Waals surface area contributed by atoms with Crippen LogP contribution < -0.4 is 5.73 Å². The number of hydrogen-bond donors (Lipinski definition) is 1. The molecule has 1 aromatic heterocycles. The number of rotatable bonds is 3. The van der Waals surface area contributed by atoms with Gasteiger partial charge in [0.05, 0.1) is 11.9 Å². The van der Waals surface area contributed by atoms with Gasteiger partial charge in [-0.3, -0.25) is 4.68 Å². The normalized spacial score (nSPS) is 12.7. The Morgan fingerprint density at radius 2 is 2.00 bits per heavy atom. The Balaban J connectivity index is 2.43. The van der Waals surface area contributed by atoms with Crippen molar-refractivity contribution in [1.29, 1.82) is 0 Å². The molecule has 2 aromatic rings. The van der Waals surface area contributed by atoms with Crippen molar-refractivity contribution in [2.75, 3.05) is 0 Å². The zero-order valence-electron chi connectivity index (χ0n) is 10.0. The lowest BCUT2D eigenvalue weighted by molar-refractivity contribution is 0.737. The fourth-order valence-electron chi connectivity index (χ4n) is 1.96. The predicted octanol–water partition coefficient (Wildman–Crippen LogP) is 2.74. The Morgan fingerprint density at radius 3 is 2.59 bits per heavy atom. The maximum Gasteiger partial charge on any atom is 0.0711 e. The molecule has 0 fully saturated rings. The van der Waals surface area contributed by atoms with E-state index in [4.69, 9.17) is 5.73 Å². The molecule has 0 amide bonds. The summed E-state index contributed by atoms with van der Waals surface area (Å²) in [6, 6.07) is 8.40. The summed E-state index contributed by atoms with van der Waals surface area (Å²) in [5.74, 6) is 0. The van der Waals surface area contributed by atoms with Crippen LogP contribution in [0.1, 0.15) is 12.5 Å². The first-order chi connectivity index (χ1) is 8.08. The second-order valence-electron chi connectivity index (χ2n) is 4.33. The summed E-state index contributed by atoms with van der Waals surface area (Å²) >= 11 is 3.44. The third kappa shape index (κ3) is 2.76. The minimum Gasteiger partial charge on any atom is -0.328 e. The van der Waals surface area contributed by atoms with Gasteiger partial charge in [0, 0.05) is 23.1 Å². The second-order valence-corrected chi connectivity index (χ2v) is 5.25. The van der Waals surface area contributed by atoms with E-state index in [1.807, 2.05) is 37.0 Å². The van der Waals surface area contributed by atoms with Gasteiger partial charge in [-0.05, 0) is 31.0 Å². The molecule has 2 N–H and O–H groups in total. The largest absolute Gasteiger partial charge is 0.328 e. The summed E-state index contributed by atoms with van der Waals surface area (Å²) in [4.78, 5) is 0. The highest BCUT2D eigenvalue weighted by Crippen LogP contribution is 2.25. The van der Waals surface area contributed by atoms with Crippen LogP contribution in [0.4, 0.5) is 0 Å². The van der Waals surface area contributed by atoms with Gasteiger partial charge in [-0.25, -0.2) is 0 Å². The van der Waals surface area contributed by atoms with Crippen LogP contribution in [-0.2, 0) is 13.5 Å². The third-order valence-electron chi connectivity index (χ3n) is 2.67. The van der Waals surface area contributed by atoms with E-state index in [0.29, 0.717) is 0 Å². The summed E-state index contributed by atoms with van der Waals surface area (Å²) in [5, 5.41) is 4.32. The van der Waals surface area contributed by atoms with E-state index in [-0.39, 0.29) is 6.04 Å². The van der Waals surface area contributed by atoms with Crippen LogP contribution in [0.5, 0.6) is 0 Å². The molecule has 1 atom stereocenters. The van der Waals surface area contributed by atoms with Crippen LogP contribution >= 0.6 is 15.9 Å². The molecule has 1 aromatic carbocycles. The van der Waals surface area contributed by atoms with Crippen LogP contribution in [0.25, 0.3) is 11.3 Å². The molecule has 1 heterocycles. The summed E-state index contributed by atoms with van der Waals surface area (Å²) in [5.41, 5.74) is 9.38. The quantitative estimate of drug-likeness (QED) is 0.946. The van der Waals surface area contributed by atoms with Crippen molar-refractivity contribution in [3.8, 4) is 11.3 Å². The van der Waals surface area contributed by atoms with E-state index in [0.717, 1.165) is 16.6 Å². The first-order valence-corrected chi connectivity index (χ1v) is 6.39. The summed E-state index contributed by atoms with van der Waals surface area (Å²) in [6.07, 6.45) is 2.75. The minimum atomic E-state index is 0.147. The van der Waals surface area contributed by atoms with Gasteiger partial charge in [0.25, 0.3) is 0 Å². The molecular weight excluding hydrogens is 278 g/mol. The number of aryl methyl sites for hydroxylation is 1. The van der Waals surface area contributed by atoms with Gasteiger partial charge in [0.15, 0.2) is 0 Å². The molecule has 0 aliphatic carbocycles. The number of benzene rings is 1. The number of aromatic nitrogens is 2. The van der Waals surface area contributed by atoms with Crippen molar-refractivity contribution in [3.05, 3.63) is 40.5 Å². The summed E-state index contributed by atoms with van der Waals surface area (Å²) in [6.45, 7) is 2.01. The van der Waals surface area contributed by atoms with E-state index >= 15 is 0 Å². The second kappa shape index (κ2) is 5.02. The fraction of sp³-hybridized carbons (Fsp3) is 0.308. The molecule has 3 nitrogen and oxygen atoms in total. The lowest BCUT2D eigenvalue weighted by atomic mass is 10.0. The molecule has 0 saturated heterocycles. The maximum atomic E-state index is 5.86. The molecule has 0 spiro atoms. The smallest absolute Gasteiger partial charge is 0.0711 e. The molecule has 2 rings (SSSR count). The van der Waals surface area contributed by atoms with Crippen molar-refractivity contribution in [2.45, 2.75) is 19.4 Å². The predicted molar refractivity (Wildman–Crippen MR) is 73.7 cm³/mol. The van der Waals surface area contributed by atoms with Crippen molar-refractivity contribution in [2.24, 2.45) is 12.8 Å². The molecule has 0 saturated carbocycles. The van der Waals surface area contributed by atoms with Gasteiger partial charge in [-0.2, -0.15) is 5.10 Å². The first-order valence-electron chi connectivity index (χ1n) is 5.60. The maximum absolute atomic E-state index is 5.86. The average molecular weight is 294 g/mol. The molecule has 1 unspecified atom stereocenters. The molecule has 0 radical (unpaired) electrons. The monoisotopic (exact) mass is 293 g/mol. The standard InChI is InChI=1S/C13H16BrN3/c1-9(15)7-11-8-16-17(2)13(11)10-3-5-12(14)6-4-10/h3-6,8-9H,7,15H2,1-2H3. The van der Waals surface area contributed by atoms with E-state index in [9.17, 15) is 0 Å². The Bertz CT molecular complexity index is 500. The molecule has 17 heavy (non-hydrogen) atoms. The van der Waals surface area contributed by atoms with Gasteiger partial charge < -0.3 is 5.73 Å². The molecular formula is C13H16BrN3. The zero-order valence-corrected chi connectivity index (χ0v) is 11.6. The Kier molecular flexibility index (Phi) is 3.64. The number of nitrogens with zero attached hydrogens (tertiary/aromatic N) is 2. The topological polar surface area (TPSA) is 43.8 Å². The van der Waals surface area contributed by atoms with Crippen LogP contribution in [-0.4, -0.2) is 15.8 Å². The van der Waals surface area contributed by atoms with Gasteiger partial charge in [-0.15, -0.1) is 0 Å². The van der Waals surface area contributed by atoms with E-state index in [1.54, 1.807) is 0 Å². The van der Waals surface area contributed by atoms with Crippen LogP contribution in [0.15, 0.2) is 34.9 Å². The highest BCUT2D eigenvalue weighted by Gasteiger charge is 2.11. The SMILES string of the molecule is CC(N)Cc1cnn(C)c1-c1ccc(Br)cc1. The van der Waals surface area contributed by atoms with E-state index < -0.39 is 0 Å². The van der Waals surface area contributed by atoms with Crippen LogP contribution in [0.2, 0.25) is 0 Å². The number of hydrogen-bond acceptors (Lipinski definition) is 2. The van der Waals surface area contributed by atoms with Gasteiger partial charge in [0.1, 0.15) is 0 Å². The van der Waals surface area contributed by atoms with Crippen LogP contribution in [0.3, 0.4) is 0 Å². The molecule has 0 bridgehead atoms. The average Bonchev–Trinajstić information content (AvgIpc) is 2.61. The molecule has 0 aliphatic heterocycles. The van der Waals surface area contributed by atoms with E-state index in [1.165, 1.54) is 11.1 Å². The van der Waals surface area contributed by atoms with Gasteiger partial charge in [-0.1, -0.05) is 28.1 Å². The van der Waals surface area contributed by atoms with E-state index in [2.05, 4.69) is 33.2 Å². The third-order valence-corrected chi connectivity index (χ3v) is 3.20. The van der Waals surface area contributed by atoms with Crippen molar-refractivity contribution < 1.29 is 0 Å². The first kappa shape index (κ1) is 12.3. The van der Waals surface area contributed by atoms with Crippen molar-refractivity contribution in [1.82, 2.24) is 9.78 Å². The molecule has 4 heteroatoms. The Hall–Kier alpha value is -1.13. The molecule has 90 valence electrons. The number of halogens is 1. The van der Waals surface area contributed by atoms with Crippen LogP contribution in [0, 0.1) is 0 Å². The van der Waals surface area contributed by atoms with Crippen molar-refractivity contribution >= 4 is 15.9 Å².